The third-order valence-corrected chi connectivity index (χ3v) is 7.02. The molecule has 1 aliphatic rings. The van der Waals surface area contributed by atoms with Crippen LogP contribution in [0.15, 0.2) is 57.9 Å². The first-order valence-electron chi connectivity index (χ1n) is 8.00. The molecule has 1 heterocycles. The zero-order chi connectivity index (χ0) is 19.1. The van der Waals surface area contributed by atoms with Gasteiger partial charge in [-0.1, -0.05) is 45.8 Å². The minimum absolute atomic E-state index is 0.00744. The highest BCUT2D eigenvalue weighted by Gasteiger charge is 2.51. The minimum Gasteiger partial charge on any atom is -0.207 e. The number of hydrogen-bond donors (Lipinski definition) is 0. The molecule has 2 atom stereocenters. The van der Waals surface area contributed by atoms with Crippen molar-refractivity contribution in [1.29, 1.82) is 0 Å². The van der Waals surface area contributed by atoms with Crippen molar-refractivity contribution in [3.63, 3.8) is 0 Å². The number of nitrogens with zero attached hydrogens (tertiary/aromatic N) is 1. The van der Waals surface area contributed by atoms with Gasteiger partial charge in [0.25, 0.3) is 0 Å². The van der Waals surface area contributed by atoms with Crippen LogP contribution in [0.4, 0.5) is 13.2 Å². The van der Waals surface area contributed by atoms with E-state index in [9.17, 15) is 21.6 Å². The van der Waals surface area contributed by atoms with E-state index < -0.39 is 34.7 Å². The number of rotatable bonds is 3. The van der Waals surface area contributed by atoms with Gasteiger partial charge < -0.3 is 0 Å². The summed E-state index contributed by atoms with van der Waals surface area (Å²) < 4.78 is 67.7. The van der Waals surface area contributed by atoms with Gasteiger partial charge in [-0.15, -0.1) is 0 Å². The number of hydrogen-bond acceptors (Lipinski definition) is 2. The topological polar surface area (TPSA) is 37.4 Å². The lowest BCUT2D eigenvalue weighted by Gasteiger charge is -2.24. The first-order valence-corrected chi connectivity index (χ1v) is 10.2. The van der Waals surface area contributed by atoms with Gasteiger partial charge in [-0.2, -0.15) is 17.5 Å². The van der Waals surface area contributed by atoms with Crippen LogP contribution in [-0.4, -0.2) is 25.4 Å². The molecule has 26 heavy (non-hydrogen) atoms. The van der Waals surface area contributed by atoms with Gasteiger partial charge in [-0.05, 0) is 43.2 Å². The minimum atomic E-state index is -4.44. The fraction of sp³-hybridized carbons (Fsp3) is 0.333. The molecule has 0 aromatic heterocycles. The molecule has 0 N–H and O–H groups in total. The van der Waals surface area contributed by atoms with Crippen LogP contribution < -0.4 is 0 Å². The zero-order valence-electron chi connectivity index (χ0n) is 13.9. The molecule has 140 valence electrons. The molecule has 0 spiro atoms. The van der Waals surface area contributed by atoms with Gasteiger partial charge in [0.1, 0.15) is 0 Å². The molecule has 2 aromatic carbocycles. The second kappa shape index (κ2) is 6.98. The number of benzene rings is 2. The van der Waals surface area contributed by atoms with Gasteiger partial charge >= 0.3 is 6.18 Å². The summed E-state index contributed by atoms with van der Waals surface area (Å²) in [6, 6.07) is 12.0. The predicted molar refractivity (Wildman–Crippen MR) is 96.1 cm³/mol. The molecule has 1 fully saturated rings. The lowest BCUT2D eigenvalue weighted by molar-refractivity contribution is -0.169. The Balaban J connectivity index is 2.03. The summed E-state index contributed by atoms with van der Waals surface area (Å²) in [4.78, 5) is 0.00744. The van der Waals surface area contributed by atoms with E-state index in [4.69, 9.17) is 0 Å². The maximum absolute atomic E-state index is 13.3. The molecule has 2 unspecified atom stereocenters. The number of sulfonamides is 1. The van der Waals surface area contributed by atoms with Gasteiger partial charge in [0.15, 0.2) is 0 Å². The maximum Gasteiger partial charge on any atom is 0.393 e. The first-order chi connectivity index (χ1) is 12.1. The summed E-state index contributed by atoms with van der Waals surface area (Å²) in [6.45, 7) is 1.25. The van der Waals surface area contributed by atoms with Crippen molar-refractivity contribution in [2.45, 2.75) is 30.5 Å². The zero-order valence-corrected chi connectivity index (χ0v) is 16.3. The second-order valence-corrected chi connectivity index (χ2v) is 9.24. The van der Waals surface area contributed by atoms with E-state index in [1.54, 1.807) is 36.4 Å². The molecule has 0 aliphatic carbocycles. The van der Waals surface area contributed by atoms with Crippen LogP contribution in [0.5, 0.6) is 0 Å². The van der Waals surface area contributed by atoms with E-state index >= 15 is 0 Å². The standard InChI is InChI=1S/C18H17BrF3NO2S/c1-12-2-8-16(9-3-12)26(24,25)23-11-14(18(20,21)22)10-17(23)13-4-6-15(19)7-5-13/h2-9,14,17H,10-11H2,1H3. The van der Waals surface area contributed by atoms with Crippen LogP contribution in [0.3, 0.4) is 0 Å². The summed E-state index contributed by atoms with van der Waals surface area (Å²) >= 11 is 3.28. The van der Waals surface area contributed by atoms with Crippen LogP contribution in [0.1, 0.15) is 23.6 Å². The monoisotopic (exact) mass is 447 g/mol. The van der Waals surface area contributed by atoms with Crippen molar-refractivity contribution in [2.24, 2.45) is 5.92 Å². The van der Waals surface area contributed by atoms with Gasteiger partial charge in [-0.3, -0.25) is 0 Å². The highest BCUT2D eigenvalue weighted by atomic mass is 79.9. The summed E-state index contributed by atoms with van der Waals surface area (Å²) in [6.07, 6.45) is -4.72. The second-order valence-electron chi connectivity index (χ2n) is 6.43. The Morgan fingerprint density at radius 2 is 1.62 bits per heavy atom. The van der Waals surface area contributed by atoms with E-state index in [2.05, 4.69) is 15.9 Å². The molecule has 3 rings (SSSR count). The number of halogens is 4. The lowest BCUT2D eigenvalue weighted by atomic mass is 10.00. The molecule has 0 saturated carbocycles. The van der Waals surface area contributed by atoms with Gasteiger partial charge in [0.05, 0.1) is 16.9 Å². The Kier molecular flexibility index (Phi) is 5.20. The first kappa shape index (κ1) is 19.4. The van der Waals surface area contributed by atoms with E-state index in [1.165, 1.54) is 12.1 Å². The number of alkyl halides is 3. The molecule has 1 aliphatic heterocycles. The highest BCUT2D eigenvalue weighted by molar-refractivity contribution is 9.10. The summed E-state index contributed by atoms with van der Waals surface area (Å²) in [5.41, 5.74) is 1.43. The fourth-order valence-electron chi connectivity index (χ4n) is 3.14. The molecule has 2 aromatic rings. The van der Waals surface area contributed by atoms with Crippen LogP contribution in [0, 0.1) is 12.8 Å². The predicted octanol–water partition coefficient (Wildman–Crippen LogP) is 5.07. The number of aryl methyl sites for hydroxylation is 1. The van der Waals surface area contributed by atoms with Gasteiger partial charge in [0, 0.05) is 11.0 Å². The van der Waals surface area contributed by atoms with Gasteiger partial charge in [0.2, 0.25) is 10.0 Å². The average Bonchev–Trinajstić information content (AvgIpc) is 3.02. The molecule has 0 amide bonds. The molecule has 0 bridgehead atoms. The maximum atomic E-state index is 13.3. The van der Waals surface area contributed by atoms with Crippen molar-refractivity contribution in [3.8, 4) is 0 Å². The van der Waals surface area contributed by atoms with Gasteiger partial charge in [-0.25, -0.2) is 8.42 Å². The van der Waals surface area contributed by atoms with Crippen molar-refractivity contribution in [2.75, 3.05) is 6.54 Å². The molecule has 3 nitrogen and oxygen atoms in total. The molecular weight excluding hydrogens is 431 g/mol. The van der Waals surface area contributed by atoms with E-state index in [0.717, 1.165) is 14.3 Å². The van der Waals surface area contributed by atoms with E-state index in [0.29, 0.717) is 5.56 Å². The van der Waals surface area contributed by atoms with Crippen molar-refractivity contribution in [3.05, 3.63) is 64.1 Å². The largest absolute Gasteiger partial charge is 0.393 e. The van der Waals surface area contributed by atoms with Crippen LogP contribution in [0.2, 0.25) is 0 Å². The summed E-state index contributed by atoms with van der Waals surface area (Å²) in [7, 11) is -4.03. The lowest BCUT2D eigenvalue weighted by Crippen LogP contribution is -2.33. The molecule has 8 heteroatoms. The Morgan fingerprint density at radius 1 is 1.04 bits per heavy atom. The van der Waals surface area contributed by atoms with Crippen LogP contribution >= 0.6 is 15.9 Å². The van der Waals surface area contributed by atoms with Crippen LogP contribution in [0.25, 0.3) is 0 Å². The summed E-state index contributed by atoms with van der Waals surface area (Å²) in [5.74, 6) is -1.68. The van der Waals surface area contributed by atoms with Crippen molar-refractivity contribution < 1.29 is 21.6 Å². The quantitative estimate of drug-likeness (QED) is 0.658. The summed E-state index contributed by atoms with van der Waals surface area (Å²) in [5, 5.41) is 0. The Labute approximate surface area is 159 Å². The molecule has 1 saturated heterocycles. The van der Waals surface area contributed by atoms with E-state index in [1.807, 2.05) is 6.92 Å². The highest BCUT2D eigenvalue weighted by Crippen LogP contribution is 2.45. The Bertz CT molecular complexity index is 880. The molecule has 0 radical (unpaired) electrons. The van der Waals surface area contributed by atoms with Crippen LogP contribution in [-0.2, 0) is 10.0 Å². The Hall–Kier alpha value is -1.38. The third kappa shape index (κ3) is 3.82. The Morgan fingerprint density at radius 3 is 2.15 bits per heavy atom. The molecular formula is C18H17BrF3NO2S. The fourth-order valence-corrected chi connectivity index (χ4v) is 5.08. The van der Waals surface area contributed by atoms with Crippen molar-refractivity contribution in [1.82, 2.24) is 4.31 Å². The smallest absolute Gasteiger partial charge is 0.207 e. The normalized spacial score (nSPS) is 21.9. The van der Waals surface area contributed by atoms with E-state index in [-0.39, 0.29) is 11.3 Å². The average molecular weight is 448 g/mol. The van der Waals surface area contributed by atoms with Crippen molar-refractivity contribution >= 4 is 26.0 Å². The SMILES string of the molecule is Cc1ccc(S(=O)(=O)N2CC(C(F)(F)F)CC2c2ccc(Br)cc2)cc1. The third-order valence-electron chi connectivity index (χ3n) is 4.60.